The van der Waals surface area contributed by atoms with Crippen molar-refractivity contribution in [2.45, 2.75) is 45.8 Å². The summed E-state index contributed by atoms with van der Waals surface area (Å²) in [7, 11) is 2.10. The summed E-state index contributed by atoms with van der Waals surface area (Å²) in [5.74, 6) is 0.680. The van der Waals surface area contributed by atoms with E-state index in [1.54, 1.807) is 6.07 Å². The zero-order valence-electron chi connectivity index (χ0n) is 12.7. The highest BCUT2D eigenvalue weighted by Crippen LogP contribution is 2.31. The minimum Gasteiger partial charge on any atom is -0.388 e. The average molecular weight is 318 g/mol. The lowest BCUT2D eigenvalue weighted by Gasteiger charge is -2.27. The van der Waals surface area contributed by atoms with E-state index in [-0.39, 0.29) is 0 Å². The van der Waals surface area contributed by atoms with Gasteiger partial charge >= 0.3 is 0 Å². The van der Waals surface area contributed by atoms with Gasteiger partial charge in [0.1, 0.15) is 0 Å². The summed E-state index contributed by atoms with van der Waals surface area (Å²) in [5, 5.41) is 11.2. The van der Waals surface area contributed by atoms with Gasteiger partial charge < -0.3 is 10.0 Å². The van der Waals surface area contributed by atoms with Gasteiger partial charge in [-0.2, -0.15) is 0 Å². The Labute approximate surface area is 132 Å². The highest BCUT2D eigenvalue weighted by Gasteiger charge is 2.16. The molecule has 0 aromatic heterocycles. The van der Waals surface area contributed by atoms with E-state index in [4.69, 9.17) is 23.2 Å². The number of rotatable bonds is 7. The number of aliphatic hydroxyl groups excluding tert-OH is 1. The third kappa shape index (κ3) is 5.25. The lowest BCUT2D eigenvalue weighted by Crippen LogP contribution is -2.31. The fourth-order valence-electron chi connectivity index (χ4n) is 2.34. The molecule has 0 amide bonds. The standard InChI is InChI=1S/C16H25Cl2NO/c1-11(2)10-12(3)19(4)9-8-15(20)13-6-5-7-14(17)16(13)18/h5-7,11-12,15,20H,8-10H2,1-4H3. The van der Waals surface area contributed by atoms with Crippen LogP contribution in [0.3, 0.4) is 0 Å². The van der Waals surface area contributed by atoms with Gasteiger partial charge in [0, 0.05) is 18.2 Å². The van der Waals surface area contributed by atoms with Gasteiger partial charge in [0.2, 0.25) is 0 Å². The summed E-state index contributed by atoms with van der Waals surface area (Å²) in [6, 6.07) is 5.89. The maximum atomic E-state index is 10.3. The van der Waals surface area contributed by atoms with Crippen LogP contribution in [0.4, 0.5) is 0 Å². The molecule has 2 atom stereocenters. The second-order valence-corrected chi connectivity index (χ2v) is 6.69. The molecule has 1 N–H and O–H groups in total. The van der Waals surface area contributed by atoms with Gasteiger partial charge in [-0.05, 0) is 38.8 Å². The maximum Gasteiger partial charge on any atom is 0.0817 e. The average Bonchev–Trinajstić information content (AvgIpc) is 2.37. The lowest BCUT2D eigenvalue weighted by molar-refractivity contribution is 0.134. The predicted octanol–water partition coefficient (Wildman–Crippen LogP) is 4.78. The summed E-state index contributed by atoms with van der Waals surface area (Å²) < 4.78 is 0. The fourth-order valence-corrected chi connectivity index (χ4v) is 2.78. The van der Waals surface area contributed by atoms with Crippen molar-refractivity contribution in [3.05, 3.63) is 33.8 Å². The molecule has 0 heterocycles. The fraction of sp³-hybridized carbons (Fsp3) is 0.625. The quantitative estimate of drug-likeness (QED) is 0.782. The van der Waals surface area contributed by atoms with Gasteiger partial charge in [-0.25, -0.2) is 0 Å². The number of hydrogen-bond donors (Lipinski definition) is 1. The van der Waals surface area contributed by atoms with Crippen LogP contribution in [0.5, 0.6) is 0 Å². The van der Waals surface area contributed by atoms with Crippen LogP contribution in [0.1, 0.15) is 45.3 Å². The van der Waals surface area contributed by atoms with Crippen LogP contribution in [0, 0.1) is 5.92 Å². The first-order chi connectivity index (χ1) is 9.32. The molecule has 2 unspecified atom stereocenters. The Morgan fingerprint density at radius 1 is 1.20 bits per heavy atom. The van der Waals surface area contributed by atoms with Gasteiger partial charge in [-0.15, -0.1) is 0 Å². The Hall–Kier alpha value is -0.280. The number of nitrogens with zero attached hydrogens (tertiary/aromatic N) is 1. The smallest absolute Gasteiger partial charge is 0.0817 e. The molecule has 0 aliphatic heterocycles. The van der Waals surface area contributed by atoms with Crippen molar-refractivity contribution in [2.75, 3.05) is 13.6 Å². The largest absolute Gasteiger partial charge is 0.388 e. The molecule has 1 rings (SSSR count). The summed E-state index contributed by atoms with van der Waals surface area (Å²) in [4.78, 5) is 2.28. The van der Waals surface area contributed by atoms with E-state index < -0.39 is 6.10 Å². The van der Waals surface area contributed by atoms with E-state index in [0.29, 0.717) is 34.0 Å². The van der Waals surface area contributed by atoms with Crippen LogP contribution in [0.15, 0.2) is 18.2 Å². The molecule has 0 aliphatic carbocycles. The molecular weight excluding hydrogens is 293 g/mol. The van der Waals surface area contributed by atoms with Crippen LogP contribution in [0.25, 0.3) is 0 Å². The van der Waals surface area contributed by atoms with E-state index in [9.17, 15) is 5.11 Å². The Kier molecular flexibility index (Phi) is 7.32. The molecule has 0 aliphatic rings. The second-order valence-electron chi connectivity index (χ2n) is 5.91. The first kappa shape index (κ1) is 17.8. The molecular formula is C16H25Cl2NO. The molecule has 1 aromatic rings. The molecule has 20 heavy (non-hydrogen) atoms. The molecule has 0 radical (unpaired) electrons. The van der Waals surface area contributed by atoms with E-state index >= 15 is 0 Å². The number of benzene rings is 1. The molecule has 0 saturated carbocycles. The topological polar surface area (TPSA) is 23.5 Å². The predicted molar refractivity (Wildman–Crippen MR) is 87.6 cm³/mol. The van der Waals surface area contributed by atoms with E-state index in [2.05, 4.69) is 32.7 Å². The highest BCUT2D eigenvalue weighted by atomic mass is 35.5. The van der Waals surface area contributed by atoms with Gasteiger partial charge in [0.25, 0.3) is 0 Å². The zero-order chi connectivity index (χ0) is 15.3. The summed E-state index contributed by atoms with van der Waals surface area (Å²) in [5.41, 5.74) is 0.712. The molecule has 1 aromatic carbocycles. The Morgan fingerprint density at radius 2 is 1.85 bits per heavy atom. The van der Waals surface area contributed by atoms with Gasteiger partial charge in [-0.1, -0.05) is 49.2 Å². The van der Waals surface area contributed by atoms with E-state index in [1.165, 1.54) is 0 Å². The van der Waals surface area contributed by atoms with Gasteiger partial charge in [0.15, 0.2) is 0 Å². The Balaban J connectivity index is 2.54. The van der Waals surface area contributed by atoms with Crippen molar-refractivity contribution in [1.29, 1.82) is 0 Å². The molecule has 2 nitrogen and oxygen atoms in total. The third-order valence-electron chi connectivity index (χ3n) is 3.66. The minimum atomic E-state index is -0.574. The first-order valence-corrected chi connectivity index (χ1v) is 7.90. The summed E-state index contributed by atoms with van der Waals surface area (Å²) in [6.07, 6.45) is 1.23. The SMILES string of the molecule is CC(C)CC(C)N(C)CCC(O)c1cccc(Cl)c1Cl. The van der Waals surface area contributed by atoms with Crippen molar-refractivity contribution >= 4 is 23.2 Å². The van der Waals surface area contributed by atoms with Crippen LogP contribution in [0.2, 0.25) is 10.0 Å². The van der Waals surface area contributed by atoms with Crippen LogP contribution in [-0.4, -0.2) is 29.6 Å². The normalized spacial score (nSPS) is 14.8. The molecule has 114 valence electrons. The van der Waals surface area contributed by atoms with Crippen molar-refractivity contribution in [3.63, 3.8) is 0 Å². The van der Waals surface area contributed by atoms with Crippen molar-refractivity contribution in [2.24, 2.45) is 5.92 Å². The Bertz CT molecular complexity index is 423. The monoisotopic (exact) mass is 317 g/mol. The minimum absolute atomic E-state index is 0.458. The van der Waals surface area contributed by atoms with Crippen molar-refractivity contribution in [3.8, 4) is 0 Å². The van der Waals surface area contributed by atoms with E-state index in [1.807, 2.05) is 12.1 Å². The first-order valence-electron chi connectivity index (χ1n) is 7.15. The van der Waals surface area contributed by atoms with E-state index in [0.717, 1.165) is 13.0 Å². The lowest BCUT2D eigenvalue weighted by atomic mass is 10.0. The molecule has 0 spiro atoms. The Morgan fingerprint density at radius 3 is 2.45 bits per heavy atom. The molecule has 0 fully saturated rings. The number of aliphatic hydroxyl groups is 1. The molecule has 4 heteroatoms. The summed E-state index contributed by atoms with van der Waals surface area (Å²) in [6.45, 7) is 7.51. The van der Waals surface area contributed by atoms with Gasteiger partial charge in [-0.3, -0.25) is 0 Å². The van der Waals surface area contributed by atoms with Crippen molar-refractivity contribution < 1.29 is 5.11 Å². The molecule has 0 saturated heterocycles. The molecule has 0 bridgehead atoms. The van der Waals surface area contributed by atoms with Crippen LogP contribution < -0.4 is 0 Å². The van der Waals surface area contributed by atoms with Crippen LogP contribution in [-0.2, 0) is 0 Å². The second kappa shape index (κ2) is 8.23. The number of hydrogen-bond acceptors (Lipinski definition) is 2. The van der Waals surface area contributed by atoms with Gasteiger partial charge in [0.05, 0.1) is 16.1 Å². The summed E-state index contributed by atoms with van der Waals surface area (Å²) >= 11 is 12.1. The zero-order valence-corrected chi connectivity index (χ0v) is 14.2. The maximum absolute atomic E-state index is 10.3. The number of halogens is 2. The van der Waals surface area contributed by atoms with Crippen LogP contribution >= 0.6 is 23.2 Å². The highest BCUT2D eigenvalue weighted by molar-refractivity contribution is 6.42. The van der Waals surface area contributed by atoms with Crippen molar-refractivity contribution in [1.82, 2.24) is 4.90 Å². The third-order valence-corrected chi connectivity index (χ3v) is 4.49.